The largest absolute Gasteiger partial charge is 0.330 e. The van der Waals surface area contributed by atoms with E-state index in [0.717, 1.165) is 28.3 Å². The van der Waals surface area contributed by atoms with E-state index in [-0.39, 0.29) is 5.56 Å². The highest BCUT2D eigenvalue weighted by molar-refractivity contribution is 5.85. The van der Waals surface area contributed by atoms with Crippen molar-refractivity contribution in [3.05, 3.63) is 45.9 Å². The highest BCUT2D eigenvalue weighted by atomic mass is 16.1. The number of aryl methyl sites for hydroxylation is 3. The lowest BCUT2D eigenvalue weighted by Crippen LogP contribution is -2.21. The number of fused-ring (bicyclic) bond motifs is 1. The molecule has 2 aromatic rings. The van der Waals surface area contributed by atoms with Crippen LogP contribution in [0.15, 0.2) is 29.2 Å². The maximum Gasteiger partial charge on any atom is 0.258 e. The smallest absolute Gasteiger partial charge is 0.258 e. The summed E-state index contributed by atoms with van der Waals surface area (Å²) in [6.07, 6.45) is 2.69. The normalized spacial score (nSPS) is 11.0. The Morgan fingerprint density at radius 1 is 1.24 bits per heavy atom. The second-order valence-electron chi connectivity index (χ2n) is 4.50. The van der Waals surface area contributed by atoms with Gasteiger partial charge in [0.1, 0.15) is 0 Å². The van der Waals surface area contributed by atoms with Gasteiger partial charge in [-0.15, -0.1) is 0 Å². The number of benzene rings is 1. The topological polar surface area (TPSA) is 48.0 Å². The summed E-state index contributed by atoms with van der Waals surface area (Å²) in [4.78, 5) is 12.3. The Kier molecular flexibility index (Phi) is 3.29. The second-order valence-corrected chi connectivity index (χ2v) is 4.50. The van der Waals surface area contributed by atoms with E-state index in [1.165, 1.54) is 0 Å². The molecule has 90 valence electrons. The van der Waals surface area contributed by atoms with Crippen LogP contribution in [-0.4, -0.2) is 11.1 Å². The third-order valence-electron chi connectivity index (χ3n) is 3.05. The van der Waals surface area contributed by atoms with Gasteiger partial charge in [-0.05, 0) is 49.9 Å². The molecule has 1 aromatic carbocycles. The van der Waals surface area contributed by atoms with E-state index in [9.17, 15) is 4.79 Å². The molecule has 1 heterocycles. The van der Waals surface area contributed by atoms with Crippen LogP contribution in [0, 0.1) is 13.8 Å². The SMILES string of the molecule is Cc1cc(C)c2ccn(CCCN)c(=O)c2c1. The van der Waals surface area contributed by atoms with Gasteiger partial charge in [-0.25, -0.2) is 0 Å². The van der Waals surface area contributed by atoms with Crippen molar-refractivity contribution in [2.75, 3.05) is 6.54 Å². The van der Waals surface area contributed by atoms with Crippen LogP contribution in [-0.2, 0) is 6.54 Å². The Hall–Kier alpha value is -1.61. The molecule has 0 aliphatic carbocycles. The van der Waals surface area contributed by atoms with Gasteiger partial charge >= 0.3 is 0 Å². The molecule has 1 aromatic heterocycles. The zero-order chi connectivity index (χ0) is 12.4. The van der Waals surface area contributed by atoms with Crippen molar-refractivity contribution in [1.82, 2.24) is 4.57 Å². The molecular formula is C14H18N2O. The van der Waals surface area contributed by atoms with Crippen molar-refractivity contribution in [2.24, 2.45) is 5.73 Å². The van der Waals surface area contributed by atoms with Crippen LogP contribution in [0.4, 0.5) is 0 Å². The summed E-state index contributed by atoms with van der Waals surface area (Å²) in [7, 11) is 0. The fraction of sp³-hybridized carbons (Fsp3) is 0.357. The quantitative estimate of drug-likeness (QED) is 0.876. The third-order valence-corrected chi connectivity index (χ3v) is 3.05. The summed E-state index contributed by atoms with van der Waals surface area (Å²) in [5.74, 6) is 0. The molecule has 0 radical (unpaired) electrons. The molecule has 3 heteroatoms. The Morgan fingerprint density at radius 2 is 2.00 bits per heavy atom. The predicted molar refractivity (Wildman–Crippen MR) is 71.4 cm³/mol. The summed E-state index contributed by atoms with van der Waals surface area (Å²) >= 11 is 0. The first-order chi connectivity index (χ1) is 8.13. The van der Waals surface area contributed by atoms with Crippen LogP contribution in [0.1, 0.15) is 17.5 Å². The first-order valence-corrected chi connectivity index (χ1v) is 5.94. The third kappa shape index (κ3) is 2.24. The van der Waals surface area contributed by atoms with Gasteiger partial charge in [-0.2, -0.15) is 0 Å². The summed E-state index contributed by atoms with van der Waals surface area (Å²) in [6, 6.07) is 6.08. The van der Waals surface area contributed by atoms with Gasteiger partial charge in [0.25, 0.3) is 5.56 Å². The Balaban J connectivity index is 2.62. The average molecular weight is 230 g/mol. The minimum absolute atomic E-state index is 0.0859. The molecule has 0 atom stereocenters. The van der Waals surface area contributed by atoms with Crippen LogP contribution < -0.4 is 11.3 Å². The maximum atomic E-state index is 12.3. The van der Waals surface area contributed by atoms with Crippen molar-refractivity contribution >= 4 is 10.8 Å². The summed E-state index contributed by atoms with van der Waals surface area (Å²) < 4.78 is 1.74. The number of hydrogen-bond donors (Lipinski definition) is 1. The molecule has 0 spiro atoms. The van der Waals surface area contributed by atoms with E-state index in [1.54, 1.807) is 4.57 Å². The van der Waals surface area contributed by atoms with Crippen LogP contribution in [0.25, 0.3) is 10.8 Å². The Morgan fingerprint density at radius 3 is 2.71 bits per heavy atom. The molecular weight excluding hydrogens is 212 g/mol. The molecule has 17 heavy (non-hydrogen) atoms. The molecule has 0 amide bonds. The second kappa shape index (κ2) is 4.72. The molecule has 0 saturated carbocycles. The number of aromatic nitrogens is 1. The van der Waals surface area contributed by atoms with Crippen molar-refractivity contribution in [3.63, 3.8) is 0 Å². The standard InChI is InChI=1S/C14H18N2O/c1-10-8-11(2)12-4-7-16(6-3-5-15)14(17)13(12)9-10/h4,7-9H,3,5-6,15H2,1-2H3. The van der Waals surface area contributed by atoms with Crippen molar-refractivity contribution in [3.8, 4) is 0 Å². The number of rotatable bonds is 3. The van der Waals surface area contributed by atoms with E-state index in [0.29, 0.717) is 13.1 Å². The Labute approximate surface area is 101 Å². The lowest BCUT2D eigenvalue weighted by molar-refractivity contribution is 0.634. The maximum absolute atomic E-state index is 12.3. The van der Waals surface area contributed by atoms with E-state index in [4.69, 9.17) is 5.73 Å². The van der Waals surface area contributed by atoms with Crippen LogP contribution >= 0.6 is 0 Å². The first-order valence-electron chi connectivity index (χ1n) is 5.94. The number of pyridine rings is 1. The van der Waals surface area contributed by atoms with Crippen LogP contribution in [0.3, 0.4) is 0 Å². The average Bonchev–Trinajstić information content (AvgIpc) is 2.29. The highest BCUT2D eigenvalue weighted by Gasteiger charge is 2.05. The molecule has 0 fully saturated rings. The molecule has 0 bridgehead atoms. The molecule has 0 aliphatic heterocycles. The molecule has 2 N–H and O–H groups in total. The van der Waals surface area contributed by atoms with Gasteiger partial charge in [-0.3, -0.25) is 4.79 Å². The van der Waals surface area contributed by atoms with Gasteiger partial charge in [0, 0.05) is 18.1 Å². The van der Waals surface area contributed by atoms with Gasteiger partial charge in [0.15, 0.2) is 0 Å². The Bertz CT molecular complexity index is 599. The lowest BCUT2D eigenvalue weighted by Gasteiger charge is -2.08. The predicted octanol–water partition coefficient (Wildman–Crippen LogP) is 1.97. The van der Waals surface area contributed by atoms with Crippen molar-refractivity contribution in [2.45, 2.75) is 26.8 Å². The van der Waals surface area contributed by atoms with Gasteiger partial charge in [0.2, 0.25) is 0 Å². The minimum atomic E-state index is 0.0859. The van der Waals surface area contributed by atoms with E-state index >= 15 is 0 Å². The monoisotopic (exact) mass is 230 g/mol. The zero-order valence-corrected chi connectivity index (χ0v) is 10.4. The number of nitrogens with zero attached hydrogens (tertiary/aromatic N) is 1. The van der Waals surface area contributed by atoms with E-state index in [2.05, 4.69) is 6.07 Å². The van der Waals surface area contributed by atoms with Gasteiger partial charge in [-0.1, -0.05) is 11.6 Å². The first kappa shape index (κ1) is 11.9. The molecule has 3 nitrogen and oxygen atoms in total. The lowest BCUT2D eigenvalue weighted by atomic mass is 10.0. The van der Waals surface area contributed by atoms with Gasteiger partial charge < -0.3 is 10.3 Å². The fourth-order valence-corrected chi connectivity index (χ4v) is 2.20. The molecule has 0 saturated heterocycles. The fourth-order valence-electron chi connectivity index (χ4n) is 2.20. The number of nitrogens with two attached hydrogens (primary N) is 1. The van der Waals surface area contributed by atoms with Crippen molar-refractivity contribution in [1.29, 1.82) is 0 Å². The zero-order valence-electron chi connectivity index (χ0n) is 10.4. The van der Waals surface area contributed by atoms with E-state index in [1.807, 2.05) is 32.2 Å². The molecule has 0 unspecified atom stereocenters. The summed E-state index contributed by atoms with van der Waals surface area (Å²) in [6.45, 7) is 5.36. The number of hydrogen-bond acceptors (Lipinski definition) is 2. The summed E-state index contributed by atoms with van der Waals surface area (Å²) in [5, 5.41) is 1.85. The summed E-state index contributed by atoms with van der Waals surface area (Å²) in [5.41, 5.74) is 7.84. The highest BCUT2D eigenvalue weighted by Crippen LogP contribution is 2.17. The van der Waals surface area contributed by atoms with E-state index < -0.39 is 0 Å². The minimum Gasteiger partial charge on any atom is -0.330 e. The van der Waals surface area contributed by atoms with Gasteiger partial charge in [0.05, 0.1) is 0 Å². The molecule has 2 rings (SSSR count). The van der Waals surface area contributed by atoms with Crippen molar-refractivity contribution < 1.29 is 0 Å². The van der Waals surface area contributed by atoms with Crippen LogP contribution in [0.2, 0.25) is 0 Å². The van der Waals surface area contributed by atoms with Crippen LogP contribution in [0.5, 0.6) is 0 Å². The molecule has 0 aliphatic rings.